The van der Waals surface area contributed by atoms with Gasteiger partial charge in [-0.25, -0.2) is 9.67 Å². The molecule has 8 heteroatoms. The highest BCUT2D eigenvalue weighted by Crippen LogP contribution is 2.31. The summed E-state index contributed by atoms with van der Waals surface area (Å²) in [5.41, 5.74) is 1.62. The molecule has 4 rings (SSSR count). The average molecular weight is 415 g/mol. The summed E-state index contributed by atoms with van der Waals surface area (Å²) in [6, 6.07) is 8.34. The number of hydrogen-bond donors (Lipinski definition) is 0. The van der Waals surface area contributed by atoms with Crippen LogP contribution in [0.5, 0.6) is 0 Å². The van der Waals surface area contributed by atoms with Crippen LogP contribution in [0.25, 0.3) is 11.1 Å². The normalized spacial score (nSPS) is 15.2. The Bertz CT molecular complexity index is 1080. The van der Waals surface area contributed by atoms with Crippen molar-refractivity contribution < 1.29 is 9.21 Å². The van der Waals surface area contributed by atoms with Crippen LogP contribution in [0, 0.1) is 0 Å². The predicted molar refractivity (Wildman–Crippen MR) is 110 cm³/mol. The fourth-order valence-corrected chi connectivity index (χ4v) is 3.78. The summed E-state index contributed by atoms with van der Waals surface area (Å²) >= 11 is 6.02. The Morgan fingerprint density at radius 1 is 1.24 bits per heavy atom. The number of aromatic nitrogens is 3. The zero-order valence-corrected chi connectivity index (χ0v) is 17.1. The molecule has 3 aromatic rings. The van der Waals surface area contributed by atoms with E-state index in [0.717, 1.165) is 36.8 Å². The number of amides is 1. The third-order valence-corrected chi connectivity index (χ3v) is 5.54. The first-order chi connectivity index (χ1) is 14.0. The van der Waals surface area contributed by atoms with Crippen molar-refractivity contribution in [2.24, 2.45) is 0 Å². The summed E-state index contributed by atoms with van der Waals surface area (Å²) in [6.45, 7) is 3.77. The average Bonchev–Trinajstić information content (AvgIpc) is 3.16. The molecule has 3 heterocycles. The summed E-state index contributed by atoms with van der Waals surface area (Å²) in [6.07, 6.45) is 3.34. The molecule has 1 fully saturated rings. The lowest BCUT2D eigenvalue weighted by Crippen LogP contribution is -2.39. The van der Waals surface area contributed by atoms with Crippen molar-refractivity contribution in [3.63, 3.8) is 0 Å². The number of piperidine rings is 1. The maximum absolute atomic E-state index is 12.9. The lowest BCUT2D eigenvalue weighted by atomic mass is 9.96. The van der Waals surface area contributed by atoms with Gasteiger partial charge in [-0.05, 0) is 43.5 Å². The van der Waals surface area contributed by atoms with Crippen LogP contribution in [0.3, 0.4) is 0 Å². The van der Waals surface area contributed by atoms with Crippen LogP contribution in [0.4, 0.5) is 0 Å². The molecule has 1 amide bonds. The molecule has 0 N–H and O–H groups in total. The molecule has 0 bridgehead atoms. The number of carbonyl (C=O) groups is 1. The Morgan fingerprint density at radius 2 is 2.03 bits per heavy atom. The second-order valence-electron chi connectivity index (χ2n) is 7.36. The number of rotatable bonds is 5. The standard InChI is InChI=1S/C21H23ClN4O3/c1-2-3-10-26-19(27)7-5-16(24-26)21(28)25-11-8-14(9-12-25)20-23-17-13-15(22)4-6-18(17)29-20/h4-7,13-14H,2-3,8-12H2,1H3. The minimum atomic E-state index is -0.176. The van der Waals surface area contributed by atoms with Gasteiger partial charge in [0.05, 0.1) is 0 Å². The van der Waals surface area contributed by atoms with Crippen molar-refractivity contribution >= 4 is 28.6 Å². The van der Waals surface area contributed by atoms with Crippen molar-refractivity contribution in [2.45, 2.75) is 45.1 Å². The van der Waals surface area contributed by atoms with E-state index in [4.69, 9.17) is 16.0 Å². The Balaban J connectivity index is 1.43. The van der Waals surface area contributed by atoms with Crippen LogP contribution in [-0.4, -0.2) is 38.7 Å². The molecule has 0 radical (unpaired) electrons. The topological polar surface area (TPSA) is 81.2 Å². The summed E-state index contributed by atoms with van der Waals surface area (Å²) in [4.78, 5) is 31.1. The van der Waals surface area contributed by atoms with Crippen molar-refractivity contribution in [2.75, 3.05) is 13.1 Å². The number of aryl methyl sites for hydroxylation is 1. The highest BCUT2D eigenvalue weighted by molar-refractivity contribution is 6.31. The van der Waals surface area contributed by atoms with Crippen LogP contribution < -0.4 is 5.56 Å². The number of unbranched alkanes of at least 4 members (excludes halogenated alkanes) is 1. The van der Waals surface area contributed by atoms with Gasteiger partial charge in [0.25, 0.3) is 11.5 Å². The Kier molecular flexibility index (Phi) is 5.67. The van der Waals surface area contributed by atoms with Gasteiger partial charge in [0.15, 0.2) is 11.5 Å². The van der Waals surface area contributed by atoms with Gasteiger partial charge in [-0.1, -0.05) is 24.9 Å². The molecule has 0 spiro atoms. The van der Waals surface area contributed by atoms with E-state index in [0.29, 0.717) is 36.2 Å². The van der Waals surface area contributed by atoms with E-state index in [-0.39, 0.29) is 17.4 Å². The van der Waals surface area contributed by atoms with Gasteiger partial charge >= 0.3 is 0 Å². The Labute approximate surface area is 173 Å². The zero-order valence-electron chi connectivity index (χ0n) is 16.3. The van der Waals surface area contributed by atoms with Crippen LogP contribution in [0.1, 0.15) is 54.9 Å². The third-order valence-electron chi connectivity index (χ3n) is 5.31. The van der Waals surface area contributed by atoms with E-state index in [1.165, 1.54) is 16.8 Å². The molecule has 0 aliphatic carbocycles. The van der Waals surface area contributed by atoms with E-state index >= 15 is 0 Å². The Morgan fingerprint density at radius 3 is 2.79 bits per heavy atom. The molecule has 2 aromatic heterocycles. The summed E-state index contributed by atoms with van der Waals surface area (Å²) < 4.78 is 7.27. The molecule has 1 saturated heterocycles. The Hall–Kier alpha value is -2.67. The molecular weight excluding hydrogens is 392 g/mol. The second kappa shape index (κ2) is 8.37. The lowest BCUT2D eigenvalue weighted by Gasteiger charge is -2.30. The fourth-order valence-electron chi connectivity index (χ4n) is 3.62. The summed E-state index contributed by atoms with van der Waals surface area (Å²) in [5, 5.41) is 4.90. The molecule has 7 nitrogen and oxygen atoms in total. The molecular formula is C21H23ClN4O3. The zero-order chi connectivity index (χ0) is 20.4. The van der Waals surface area contributed by atoms with E-state index in [2.05, 4.69) is 17.0 Å². The van der Waals surface area contributed by atoms with Crippen LogP contribution in [-0.2, 0) is 6.54 Å². The van der Waals surface area contributed by atoms with Gasteiger partial charge in [-0.2, -0.15) is 5.10 Å². The number of carbonyl (C=O) groups excluding carboxylic acids is 1. The smallest absolute Gasteiger partial charge is 0.274 e. The molecule has 0 saturated carbocycles. The molecule has 152 valence electrons. The number of nitrogens with zero attached hydrogens (tertiary/aromatic N) is 4. The van der Waals surface area contributed by atoms with Crippen LogP contribution >= 0.6 is 11.6 Å². The van der Waals surface area contributed by atoms with E-state index in [1.807, 2.05) is 6.07 Å². The minimum absolute atomic E-state index is 0.141. The fraction of sp³-hybridized carbons (Fsp3) is 0.429. The van der Waals surface area contributed by atoms with Crippen LogP contribution in [0.2, 0.25) is 5.02 Å². The van der Waals surface area contributed by atoms with Gasteiger partial charge in [0.1, 0.15) is 11.2 Å². The van der Waals surface area contributed by atoms with Crippen molar-refractivity contribution in [3.05, 3.63) is 57.3 Å². The molecule has 1 aromatic carbocycles. The highest BCUT2D eigenvalue weighted by atomic mass is 35.5. The maximum Gasteiger partial charge on any atom is 0.274 e. The molecule has 0 unspecified atom stereocenters. The highest BCUT2D eigenvalue weighted by Gasteiger charge is 2.28. The minimum Gasteiger partial charge on any atom is -0.440 e. The van der Waals surface area contributed by atoms with Crippen molar-refractivity contribution in [1.82, 2.24) is 19.7 Å². The number of hydrogen-bond acceptors (Lipinski definition) is 5. The first kappa shape index (κ1) is 19.6. The number of likely N-dealkylation sites (tertiary alicyclic amines) is 1. The quantitative estimate of drug-likeness (QED) is 0.633. The van der Waals surface area contributed by atoms with Crippen molar-refractivity contribution in [3.8, 4) is 0 Å². The van der Waals surface area contributed by atoms with Gasteiger partial charge in [0, 0.05) is 36.6 Å². The maximum atomic E-state index is 12.9. The number of benzene rings is 1. The van der Waals surface area contributed by atoms with E-state index in [9.17, 15) is 9.59 Å². The number of oxazole rings is 1. The van der Waals surface area contributed by atoms with Gasteiger partial charge < -0.3 is 9.32 Å². The van der Waals surface area contributed by atoms with Gasteiger partial charge in [0.2, 0.25) is 0 Å². The molecule has 0 atom stereocenters. The SMILES string of the molecule is CCCCn1nc(C(=O)N2CCC(c3nc4cc(Cl)ccc4o3)CC2)ccc1=O. The van der Waals surface area contributed by atoms with Crippen molar-refractivity contribution in [1.29, 1.82) is 0 Å². The second-order valence-corrected chi connectivity index (χ2v) is 7.80. The number of fused-ring (bicyclic) bond motifs is 1. The largest absolute Gasteiger partial charge is 0.440 e. The monoisotopic (exact) mass is 414 g/mol. The molecule has 1 aliphatic heterocycles. The molecule has 1 aliphatic rings. The van der Waals surface area contributed by atoms with E-state index < -0.39 is 0 Å². The summed E-state index contributed by atoms with van der Waals surface area (Å²) in [5.74, 6) is 0.718. The van der Waals surface area contributed by atoms with Gasteiger partial charge in [-0.15, -0.1) is 0 Å². The molecule has 29 heavy (non-hydrogen) atoms. The predicted octanol–water partition coefficient (Wildman–Crippen LogP) is 3.86. The van der Waals surface area contributed by atoms with Crippen LogP contribution in [0.15, 0.2) is 39.5 Å². The lowest BCUT2D eigenvalue weighted by molar-refractivity contribution is 0.0697. The van der Waals surface area contributed by atoms with E-state index in [1.54, 1.807) is 17.0 Å². The summed E-state index contributed by atoms with van der Waals surface area (Å²) in [7, 11) is 0. The number of halogens is 1. The first-order valence-corrected chi connectivity index (χ1v) is 10.4. The van der Waals surface area contributed by atoms with Gasteiger partial charge in [-0.3, -0.25) is 9.59 Å². The third kappa shape index (κ3) is 4.19. The first-order valence-electron chi connectivity index (χ1n) is 9.98.